The number of hydrogen-bond acceptors (Lipinski definition) is 5. The molecule has 142 valence electrons. The van der Waals surface area contributed by atoms with Crippen molar-refractivity contribution in [3.05, 3.63) is 70.7 Å². The normalized spacial score (nSPS) is 11.8. The van der Waals surface area contributed by atoms with Crippen molar-refractivity contribution in [3.63, 3.8) is 0 Å². The van der Waals surface area contributed by atoms with E-state index in [2.05, 4.69) is 10.3 Å². The quantitative estimate of drug-likeness (QED) is 0.548. The molecular weight excluding hydrogens is 387 g/mol. The van der Waals surface area contributed by atoms with E-state index in [1.807, 2.05) is 24.3 Å². The van der Waals surface area contributed by atoms with Gasteiger partial charge in [0.15, 0.2) is 0 Å². The number of aromatic nitrogens is 1. The molecule has 2 aromatic carbocycles. The fourth-order valence-electron chi connectivity index (χ4n) is 2.46. The minimum atomic E-state index is -4.50. The van der Waals surface area contributed by atoms with Crippen LogP contribution in [-0.2, 0) is 6.18 Å². The predicted octanol–water partition coefficient (Wildman–Crippen LogP) is 5.81. The van der Waals surface area contributed by atoms with E-state index in [-0.39, 0.29) is 11.3 Å². The molecule has 8 heteroatoms. The first-order valence-electron chi connectivity index (χ1n) is 8.05. The van der Waals surface area contributed by atoms with Gasteiger partial charge in [0.1, 0.15) is 22.4 Å². The van der Waals surface area contributed by atoms with Gasteiger partial charge in [-0.3, -0.25) is 0 Å². The summed E-state index contributed by atoms with van der Waals surface area (Å²) in [6, 6.07) is 14.4. The maximum absolute atomic E-state index is 13.1. The fourth-order valence-corrected chi connectivity index (χ4v) is 3.25. The summed E-state index contributed by atoms with van der Waals surface area (Å²) in [6.07, 6.45) is -3.26. The average molecular weight is 401 g/mol. The molecule has 0 spiro atoms. The third-order valence-electron chi connectivity index (χ3n) is 3.83. The third kappa shape index (κ3) is 4.32. The number of para-hydroxylation sites is 1. The van der Waals surface area contributed by atoms with Crippen molar-refractivity contribution in [2.45, 2.75) is 6.18 Å². The molecule has 28 heavy (non-hydrogen) atoms. The topological polar surface area (TPSA) is 57.9 Å². The van der Waals surface area contributed by atoms with Crippen LogP contribution >= 0.6 is 11.3 Å². The van der Waals surface area contributed by atoms with Gasteiger partial charge in [0, 0.05) is 17.1 Å². The number of halogens is 3. The number of alkyl halides is 3. The zero-order valence-electron chi connectivity index (χ0n) is 14.6. The Morgan fingerprint density at radius 3 is 2.71 bits per heavy atom. The van der Waals surface area contributed by atoms with Crippen molar-refractivity contribution in [2.75, 3.05) is 12.4 Å². The van der Waals surface area contributed by atoms with E-state index in [0.29, 0.717) is 16.5 Å². The van der Waals surface area contributed by atoms with Crippen molar-refractivity contribution >= 4 is 22.6 Å². The van der Waals surface area contributed by atoms with Crippen molar-refractivity contribution < 1.29 is 17.9 Å². The molecule has 0 aliphatic carbocycles. The minimum absolute atomic E-state index is 0.132. The number of anilines is 1. The molecule has 0 amide bonds. The fraction of sp³-hybridized carbons (Fsp3) is 0.100. The molecule has 1 heterocycles. The van der Waals surface area contributed by atoms with Gasteiger partial charge in [-0.15, -0.1) is 11.3 Å². The summed E-state index contributed by atoms with van der Waals surface area (Å²) in [5, 5.41) is 14.2. The number of benzene rings is 2. The van der Waals surface area contributed by atoms with E-state index in [1.165, 1.54) is 35.7 Å². The van der Waals surface area contributed by atoms with Gasteiger partial charge in [-0.25, -0.2) is 4.98 Å². The Bertz CT molecular complexity index is 1050. The lowest BCUT2D eigenvalue weighted by molar-refractivity contribution is -0.136. The standard InChI is InChI=1S/C20H14F3N3OS/c1-27-15-6-4-5-13(9-15)18-12-28-19(26-18)14(10-24)11-25-17-8-3-2-7-16(17)20(21,22)23/h2-9,11-12,25H,1H3. The van der Waals surface area contributed by atoms with Gasteiger partial charge in [0.05, 0.1) is 24.1 Å². The molecule has 0 radical (unpaired) electrons. The highest BCUT2D eigenvalue weighted by molar-refractivity contribution is 7.11. The van der Waals surface area contributed by atoms with Crippen LogP contribution in [0.5, 0.6) is 5.75 Å². The van der Waals surface area contributed by atoms with E-state index in [0.717, 1.165) is 11.6 Å². The maximum atomic E-state index is 13.1. The lowest BCUT2D eigenvalue weighted by Gasteiger charge is -2.12. The van der Waals surface area contributed by atoms with E-state index in [1.54, 1.807) is 18.6 Å². The molecule has 0 atom stereocenters. The summed E-state index contributed by atoms with van der Waals surface area (Å²) in [4.78, 5) is 4.42. The summed E-state index contributed by atoms with van der Waals surface area (Å²) in [6.45, 7) is 0. The Morgan fingerprint density at radius 1 is 1.21 bits per heavy atom. The van der Waals surface area contributed by atoms with Crippen LogP contribution in [0.4, 0.5) is 18.9 Å². The third-order valence-corrected chi connectivity index (χ3v) is 4.70. The number of ether oxygens (including phenoxy) is 1. The van der Waals surface area contributed by atoms with Gasteiger partial charge in [0.25, 0.3) is 0 Å². The number of rotatable bonds is 5. The zero-order chi connectivity index (χ0) is 20.1. The zero-order valence-corrected chi connectivity index (χ0v) is 15.4. The lowest BCUT2D eigenvalue weighted by atomic mass is 10.1. The molecule has 0 saturated carbocycles. The predicted molar refractivity (Wildman–Crippen MR) is 103 cm³/mol. The highest BCUT2D eigenvalue weighted by Crippen LogP contribution is 2.35. The Hall–Kier alpha value is -3.31. The highest BCUT2D eigenvalue weighted by Gasteiger charge is 2.33. The summed E-state index contributed by atoms with van der Waals surface area (Å²) < 4.78 is 44.4. The molecule has 0 fully saturated rings. The largest absolute Gasteiger partial charge is 0.497 e. The summed E-state index contributed by atoms with van der Waals surface area (Å²) in [7, 11) is 1.56. The van der Waals surface area contributed by atoms with Crippen molar-refractivity contribution in [3.8, 4) is 23.1 Å². The Balaban J connectivity index is 1.87. The number of allylic oxidation sites excluding steroid dienone is 1. The number of nitrogens with one attached hydrogen (secondary N) is 1. The van der Waals surface area contributed by atoms with Gasteiger partial charge in [0.2, 0.25) is 0 Å². The van der Waals surface area contributed by atoms with Crippen LogP contribution in [0.15, 0.2) is 60.1 Å². The summed E-state index contributed by atoms with van der Waals surface area (Å²) in [5.41, 5.74) is 0.661. The SMILES string of the molecule is COc1cccc(-c2csc(C(C#N)=CNc3ccccc3C(F)(F)F)n2)c1. The van der Waals surface area contributed by atoms with Crippen LogP contribution in [0, 0.1) is 11.3 Å². The van der Waals surface area contributed by atoms with E-state index in [4.69, 9.17) is 4.74 Å². The van der Waals surface area contributed by atoms with Crippen LogP contribution in [0.3, 0.4) is 0 Å². The lowest BCUT2D eigenvalue weighted by Crippen LogP contribution is -2.08. The van der Waals surface area contributed by atoms with Crippen LogP contribution in [0.2, 0.25) is 0 Å². The van der Waals surface area contributed by atoms with Crippen LogP contribution in [0.25, 0.3) is 16.8 Å². The molecule has 0 bridgehead atoms. The maximum Gasteiger partial charge on any atom is 0.418 e. The number of nitriles is 1. The second-order valence-electron chi connectivity index (χ2n) is 5.63. The Labute approximate surface area is 163 Å². The molecule has 4 nitrogen and oxygen atoms in total. The smallest absolute Gasteiger partial charge is 0.418 e. The molecule has 1 aromatic heterocycles. The molecule has 0 aliphatic heterocycles. The Kier molecular flexibility index (Phi) is 5.66. The number of methoxy groups -OCH3 is 1. The van der Waals surface area contributed by atoms with Crippen molar-refractivity contribution in [1.82, 2.24) is 4.98 Å². The van der Waals surface area contributed by atoms with Gasteiger partial charge >= 0.3 is 6.18 Å². The van der Waals surface area contributed by atoms with Gasteiger partial charge < -0.3 is 10.1 Å². The minimum Gasteiger partial charge on any atom is -0.497 e. The number of nitrogens with zero attached hydrogens (tertiary/aromatic N) is 2. The highest BCUT2D eigenvalue weighted by atomic mass is 32.1. The van der Waals surface area contributed by atoms with Gasteiger partial charge in [-0.05, 0) is 24.3 Å². The molecular formula is C20H14F3N3OS. The van der Waals surface area contributed by atoms with Crippen LogP contribution in [0.1, 0.15) is 10.6 Å². The first-order valence-corrected chi connectivity index (χ1v) is 8.93. The van der Waals surface area contributed by atoms with Crippen molar-refractivity contribution in [2.24, 2.45) is 0 Å². The number of thiazole rings is 1. The number of hydrogen-bond donors (Lipinski definition) is 1. The first-order chi connectivity index (χ1) is 13.4. The second-order valence-corrected chi connectivity index (χ2v) is 6.49. The van der Waals surface area contributed by atoms with Crippen LogP contribution < -0.4 is 10.1 Å². The molecule has 0 unspecified atom stereocenters. The Morgan fingerprint density at radius 2 is 2.00 bits per heavy atom. The first kappa shape index (κ1) is 19.5. The molecule has 1 N–H and O–H groups in total. The van der Waals surface area contributed by atoms with E-state index in [9.17, 15) is 18.4 Å². The van der Waals surface area contributed by atoms with E-state index >= 15 is 0 Å². The molecule has 3 aromatic rings. The van der Waals surface area contributed by atoms with Crippen molar-refractivity contribution in [1.29, 1.82) is 5.26 Å². The van der Waals surface area contributed by atoms with Crippen LogP contribution in [-0.4, -0.2) is 12.1 Å². The van der Waals surface area contributed by atoms with Gasteiger partial charge in [-0.2, -0.15) is 18.4 Å². The second kappa shape index (κ2) is 8.15. The van der Waals surface area contributed by atoms with Gasteiger partial charge in [-0.1, -0.05) is 24.3 Å². The summed E-state index contributed by atoms with van der Waals surface area (Å²) >= 11 is 1.23. The average Bonchev–Trinajstić information content (AvgIpc) is 3.18. The molecule has 0 aliphatic rings. The monoisotopic (exact) mass is 401 g/mol. The summed E-state index contributed by atoms with van der Waals surface area (Å²) in [5.74, 6) is 0.675. The van der Waals surface area contributed by atoms with E-state index < -0.39 is 11.7 Å². The molecule has 0 saturated heterocycles. The molecule has 3 rings (SSSR count).